The van der Waals surface area contributed by atoms with Gasteiger partial charge in [0.25, 0.3) is 5.91 Å². The molecule has 2 rings (SSSR count). The summed E-state index contributed by atoms with van der Waals surface area (Å²) in [7, 11) is 0. The molecule has 0 aliphatic carbocycles. The molecular formula is C13H18N2OS2. The summed E-state index contributed by atoms with van der Waals surface area (Å²) in [5.41, 5.74) is 1.33. The van der Waals surface area contributed by atoms with Gasteiger partial charge in [-0.1, -0.05) is 24.0 Å². The van der Waals surface area contributed by atoms with Gasteiger partial charge in [-0.25, -0.2) is 0 Å². The van der Waals surface area contributed by atoms with Crippen LogP contribution >= 0.6 is 24.0 Å². The normalized spacial score (nSPS) is 25.0. The number of thiocarbonyl (C=S) groups is 1. The van der Waals surface area contributed by atoms with Gasteiger partial charge in [-0.05, 0) is 38.8 Å². The Morgan fingerprint density at radius 2 is 2.11 bits per heavy atom. The van der Waals surface area contributed by atoms with Crippen molar-refractivity contribution in [3.63, 3.8) is 0 Å². The SMILES string of the molecule is CCN1C(=O)/C(=C\C=C2\CCCN2CC)SC1=S. The first-order chi connectivity index (χ1) is 8.67. The fourth-order valence-corrected chi connectivity index (χ4v) is 3.59. The van der Waals surface area contributed by atoms with Gasteiger partial charge in [0.05, 0.1) is 4.91 Å². The minimum atomic E-state index is 0.0467. The molecule has 5 heteroatoms. The molecule has 2 saturated heterocycles. The van der Waals surface area contributed by atoms with E-state index in [4.69, 9.17) is 12.2 Å². The van der Waals surface area contributed by atoms with Crippen molar-refractivity contribution in [3.05, 3.63) is 22.8 Å². The molecule has 1 amide bonds. The highest BCUT2D eigenvalue weighted by molar-refractivity contribution is 8.26. The van der Waals surface area contributed by atoms with Crippen LogP contribution < -0.4 is 0 Å². The zero-order chi connectivity index (χ0) is 13.1. The number of carbonyl (C=O) groups excluding carboxylic acids is 1. The Hall–Kier alpha value is -0.810. The Morgan fingerprint density at radius 1 is 1.33 bits per heavy atom. The molecule has 0 aromatic carbocycles. The second-order valence-electron chi connectivity index (χ2n) is 4.29. The summed E-state index contributed by atoms with van der Waals surface area (Å²) in [6.07, 6.45) is 6.33. The van der Waals surface area contributed by atoms with E-state index in [2.05, 4.69) is 17.9 Å². The number of carbonyl (C=O) groups is 1. The van der Waals surface area contributed by atoms with Crippen LogP contribution in [0.5, 0.6) is 0 Å². The summed E-state index contributed by atoms with van der Waals surface area (Å²) in [5, 5.41) is 0. The van der Waals surface area contributed by atoms with Gasteiger partial charge in [0.2, 0.25) is 0 Å². The molecule has 0 saturated carbocycles. The van der Waals surface area contributed by atoms with E-state index in [1.807, 2.05) is 13.0 Å². The second kappa shape index (κ2) is 5.89. The van der Waals surface area contributed by atoms with Crippen LogP contribution in [0.3, 0.4) is 0 Å². The molecule has 18 heavy (non-hydrogen) atoms. The maximum absolute atomic E-state index is 12.0. The standard InChI is InChI=1S/C13H18N2OS2/c1-3-14-9-5-6-10(14)7-8-11-12(16)15(4-2)13(17)18-11/h7-8H,3-6,9H2,1-2H3/b10-7-,11-8+. The molecule has 2 heterocycles. The molecule has 0 spiro atoms. The molecule has 98 valence electrons. The Bertz CT molecular complexity index is 429. The minimum absolute atomic E-state index is 0.0467. The molecule has 0 aromatic rings. The van der Waals surface area contributed by atoms with E-state index in [0.29, 0.717) is 10.9 Å². The lowest BCUT2D eigenvalue weighted by Crippen LogP contribution is -2.27. The van der Waals surface area contributed by atoms with Crippen LogP contribution in [0.1, 0.15) is 26.7 Å². The minimum Gasteiger partial charge on any atom is -0.375 e. The van der Waals surface area contributed by atoms with E-state index >= 15 is 0 Å². The number of allylic oxidation sites excluding steroid dienone is 3. The first-order valence-corrected chi connectivity index (χ1v) is 7.59. The van der Waals surface area contributed by atoms with E-state index < -0.39 is 0 Å². The molecule has 3 nitrogen and oxygen atoms in total. The van der Waals surface area contributed by atoms with Crippen molar-refractivity contribution >= 4 is 34.2 Å². The lowest BCUT2D eigenvalue weighted by atomic mass is 10.3. The number of hydrogen-bond acceptors (Lipinski definition) is 4. The summed E-state index contributed by atoms with van der Waals surface area (Å²) < 4.78 is 0.672. The van der Waals surface area contributed by atoms with Crippen molar-refractivity contribution in [2.75, 3.05) is 19.6 Å². The van der Waals surface area contributed by atoms with Gasteiger partial charge in [-0.3, -0.25) is 9.69 Å². The van der Waals surface area contributed by atoms with Crippen molar-refractivity contribution < 1.29 is 4.79 Å². The average Bonchev–Trinajstić information content (AvgIpc) is 2.91. The Labute approximate surface area is 118 Å². The lowest BCUT2D eigenvalue weighted by molar-refractivity contribution is -0.122. The first-order valence-electron chi connectivity index (χ1n) is 6.36. The molecule has 0 radical (unpaired) electrons. The van der Waals surface area contributed by atoms with Crippen LogP contribution in [0.2, 0.25) is 0 Å². The summed E-state index contributed by atoms with van der Waals surface area (Å²) in [6.45, 7) is 6.93. The van der Waals surface area contributed by atoms with E-state index in [1.165, 1.54) is 23.9 Å². The molecule has 2 aliphatic heterocycles. The molecule has 0 N–H and O–H groups in total. The van der Waals surface area contributed by atoms with Crippen molar-refractivity contribution in [3.8, 4) is 0 Å². The summed E-state index contributed by atoms with van der Waals surface area (Å²) >= 11 is 6.59. The maximum Gasteiger partial charge on any atom is 0.266 e. The van der Waals surface area contributed by atoms with Gasteiger partial charge in [0.1, 0.15) is 4.32 Å². The van der Waals surface area contributed by atoms with E-state index in [-0.39, 0.29) is 5.91 Å². The second-order valence-corrected chi connectivity index (χ2v) is 5.97. The van der Waals surface area contributed by atoms with Gasteiger partial charge in [0, 0.05) is 25.3 Å². The highest BCUT2D eigenvalue weighted by Crippen LogP contribution is 2.31. The average molecular weight is 282 g/mol. The Kier molecular flexibility index (Phi) is 4.45. The third-order valence-corrected chi connectivity index (χ3v) is 4.66. The van der Waals surface area contributed by atoms with Crippen LogP contribution in [-0.4, -0.2) is 39.7 Å². The molecular weight excluding hydrogens is 264 g/mol. The predicted molar refractivity (Wildman–Crippen MR) is 80.2 cm³/mol. The third-order valence-electron chi connectivity index (χ3n) is 3.27. The molecule has 0 aromatic heterocycles. The molecule has 0 unspecified atom stereocenters. The van der Waals surface area contributed by atoms with Gasteiger partial charge in [0.15, 0.2) is 0 Å². The number of thioether (sulfide) groups is 1. The van der Waals surface area contributed by atoms with Gasteiger partial charge in [-0.15, -0.1) is 0 Å². The maximum atomic E-state index is 12.0. The Morgan fingerprint density at radius 3 is 2.72 bits per heavy atom. The Balaban J connectivity index is 2.13. The fraction of sp³-hybridized carbons (Fsp3) is 0.538. The van der Waals surface area contributed by atoms with Gasteiger partial charge < -0.3 is 4.90 Å². The lowest BCUT2D eigenvalue weighted by Gasteiger charge is -2.16. The van der Waals surface area contributed by atoms with Crippen LogP contribution in [-0.2, 0) is 4.79 Å². The quantitative estimate of drug-likeness (QED) is 0.586. The van der Waals surface area contributed by atoms with Crippen molar-refractivity contribution in [2.24, 2.45) is 0 Å². The van der Waals surface area contributed by atoms with Crippen molar-refractivity contribution in [1.82, 2.24) is 9.80 Å². The zero-order valence-electron chi connectivity index (χ0n) is 10.8. The van der Waals surface area contributed by atoms with E-state index in [9.17, 15) is 4.79 Å². The topological polar surface area (TPSA) is 23.6 Å². The first kappa shape index (κ1) is 13.6. The van der Waals surface area contributed by atoms with Crippen LogP contribution in [0.15, 0.2) is 22.8 Å². The van der Waals surface area contributed by atoms with E-state index in [0.717, 1.165) is 24.4 Å². The van der Waals surface area contributed by atoms with Crippen LogP contribution in [0.25, 0.3) is 0 Å². The largest absolute Gasteiger partial charge is 0.375 e. The molecule has 2 fully saturated rings. The number of likely N-dealkylation sites (N-methyl/N-ethyl adjacent to an activating group) is 1. The van der Waals surface area contributed by atoms with Gasteiger partial charge >= 0.3 is 0 Å². The molecule has 0 bridgehead atoms. The number of amides is 1. The fourth-order valence-electron chi connectivity index (χ4n) is 2.26. The smallest absolute Gasteiger partial charge is 0.266 e. The highest BCUT2D eigenvalue weighted by Gasteiger charge is 2.30. The number of rotatable bonds is 3. The van der Waals surface area contributed by atoms with Crippen molar-refractivity contribution in [2.45, 2.75) is 26.7 Å². The highest BCUT2D eigenvalue weighted by atomic mass is 32.2. The summed E-state index contributed by atoms with van der Waals surface area (Å²) in [6, 6.07) is 0. The van der Waals surface area contributed by atoms with Gasteiger partial charge in [-0.2, -0.15) is 0 Å². The number of likely N-dealkylation sites (tertiary alicyclic amines) is 1. The number of nitrogens with zero attached hydrogens (tertiary/aromatic N) is 2. The molecule has 2 aliphatic rings. The third kappa shape index (κ3) is 2.62. The summed E-state index contributed by atoms with van der Waals surface area (Å²) in [4.78, 5) is 16.8. The van der Waals surface area contributed by atoms with E-state index in [1.54, 1.807) is 4.90 Å². The summed E-state index contributed by atoms with van der Waals surface area (Å²) in [5.74, 6) is 0.0467. The van der Waals surface area contributed by atoms with Crippen molar-refractivity contribution in [1.29, 1.82) is 0 Å². The number of hydrogen-bond donors (Lipinski definition) is 0. The monoisotopic (exact) mass is 282 g/mol. The predicted octanol–water partition coefficient (Wildman–Crippen LogP) is 2.75. The zero-order valence-corrected chi connectivity index (χ0v) is 12.4. The van der Waals surface area contributed by atoms with Crippen LogP contribution in [0, 0.1) is 0 Å². The van der Waals surface area contributed by atoms with Crippen LogP contribution in [0.4, 0.5) is 0 Å². The molecule has 0 atom stereocenters.